The number of piperazine rings is 1. The number of halogens is 2. The van der Waals surface area contributed by atoms with Crippen molar-refractivity contribution in [3.8, 4) is 0 Å². The molecule has 4 N–H and O–H groups in total. The molecule has 8 heteroatoms. The number of hydrogen-bond acceptors (Lipinski definition) is 3. The molecule has 1 aliphatic rings. The van der Waals surface area contributed by atoms with E-state index in [9.17, 15) is 4.79 Å². The SMILES string of the molecule is CC(NC(N)=NCCN1CCNC(=O)C1)c1ccc(Cl)cc1Cl. The van der Waals surface area contributed by atoms with Crippen LogP contribution in [0.1, 0.15) is 18.5 Å². The molecule has 0 radical (unpaired) electrons. The molecule has 6 nitrogen and oxygen atoms in total. The summed E-state index contributed by atoms with van der Waals surface area (Å²) in [7, 11) is 0. The van der Waals surface area contributed by atoms with E-state index in [0.717, 1.165) is 12.1 Å². The molecule has 1 unspecified atom stereocenters. The van der Waals surface area contributed by atoms with Crippen LogP contribution in [0.15, 0.2) is 23.2 Å². The Balaban J connectivity index is 1.82. The van der Waals surface area contributed by atoms with Gasteiger partial charge in [-0.1, -0.05) is 29.3 Å². The van der Waals surface area contributed by atoms with Crippen molar-refractivity contribution in [2.45, 2.75) is 13.0 Å². The smallest absolute Gasteiger partial charge is 0.234 e. The maximum absolute atomic E-state index is 11.3. The van der Waals surface area contributed by atoms with Crippen LogP contribution in [0.5, 0.6) is 0 Å². The van der Waals surface area contributed by atoms with Crippen LogP contribution in [0, 0.1) is 0 Å². The summed E-state index contributed by atoms with van der Waals surface area (Å²) in [5.74, 6) is 0.405. The van der Waals surface area contributed by atoms with Gasteiger partial charge in [0.2, 0.25) is 5.91 Å². The lowest BCUT2D eigenvalue weighted by Gasteiger charge is -2.25. The number of rotatable bonds is 5. The topological polar surface area (TPSA) is 82.8 Å². The molecule has 0 saturated carbocycles. The average Bonchev–Trinajstić information content (AvgIpc) is 2.47. The Labute approximate surface area is 146 Å². The first-order chi connectivity index (χ1) is 11.0. The summed E-state index contributed by atoms with van der Waals surface area (Å²) in [6.07, 6.45) is 0. The first-order valence-corrected chi connectivity index (χ1v) is 8.22. The quantitative estimate of drug-likeness (QED) is 0.549. The van der Waals surface area contributed by atoms with E-state index in [-0.39, 0.29) is 11.9 Å². The van der Waals surface area contributed by atoms with Crippen LogP contribution in [-0.2, 0) is 4.79 Å². The number of guanidine groups is 1. The van der Waals surface area contributed by atoms with Gasteiger partial charge in [0.25, 0.3) is 0 Å². The summed E-state index contributed by atoms with van der Waals surface area (Å²) in [4.78, 5) is 17.6. The van der Waals surface area contributed by atoms with Gasteiger partial charge in [-0.25, -0.2) is 0 Å². The highest BCUT2D eigenvalue weighted by molar-refractivity contribution is 6.35. The zero-order valence-electron chi connectivity index (χ0n) is 13.0. The van der Waals surface area contributed by atoms with Crippen LogP contribution in [0.4, 0.5) is 0 Å². The Morgan fingerprint density at radius 3 is 3.00 bits per heavy atom. The lowest BCUT2D eigenvalue weighted by atomic mass is 10.1. The largest absolute Gasteiger partial charge is 0.370 e. The molecular formula is C15H21Cl2N5O. The van der Waals surface area contributed by atoms with Gasteiger partial charge in [0.1, 0.15) is 0 Å². The highest BCUT2D eigenvalue weighted by atomic mass is 35.5. The minimum Gasteiger partial charge on any atom is -0.370 e. The molecular weight excluding hydrogens is 337 g/mol. The van der Waals surface area contributed by atoms with E-state index in [1.165, 1.54) is 0 Å². The van der Waals surface area contributed by atoms with Crippen LogP contribution >= 0.6 is 23.2 Å². The molecule has 126 valence electrons. The maximum Gasteiger partial charge on any atom is 0.234 e. The lowest BCUT2D eigenvalue weighted by molar-refractivity contribution is -0.124. The first kappa shape index (κ1) is 17.8. The lowest BCUT2D eigenvalue weighted by Crippen LogP contribution is -2.48. The highest BCUT2D eigenvalue weighted by Gasteiger charge is 2.15. The second-order valence-electron chi connectivity index (χ2n) is 5.42. The number of nitrogens with two attached hydrogens (primary N) is 1. The number of benzene rings is 1. The van der Waals surface area contributed by atoms with Crippen LogP contribution in [0.3, 0.4) is 0 Å². The predicted octanol–water partition coefficient (Wildman–Crippen LogP) is 1.39. The summed E-state index contributed by atoms with van der Waals surface area (Å²) in [6, 6.07) is 5.27. The summed E-state index contributed by atoms with van der Waals surface area (Å²) < 4.78 is 0. The van der Waals surface area contributed by atoms with Gasteiger partial charge < -0.3 is 16.4 Å². The van der Waals surface area contributed by atoms with Crippen LogP contribution < -0.4 is 16.4 Å². The molecule has 1 heterocycles. The Bertz CT molecular complexity index is 593. The molecule has 1 aliphatic heterocycles. The van der Waals surface area contributed by atoms with E-state index in [4.69, 9.17) is 28.9 Å². The standard InChI is InChI=1S/C15H21Cl2N5O/c1-10(12-3-2-11(16)8-13(12)17)21-15(18)20-5-7-22-6-4-19-14(23)9-22/h2-3,8,10H,4-7,9H2,1H3,(H,19,23)(H3,18,20,21). The number of amides is 1. The zero-order chi connectivity index (χ0) is 16.8. The molecule has 1 amide bonds. The van der Waals surface area contributed by atoms with E-state index in [1.54, 1.807) is 12.1 Å². The number of carbonyl (C=O) groups excluding carboxylic acids is 1. The van der Waals surface area contributed by atoms with Crippen molar-refractivity contribution in [2.75, 3.05) is 32.7 Å². The molecule has 0 spiro atoms. The van der Waals surface area contributed by atoms with Crippen molar-refractivity contribution in [1.82, 2.24) is 15.5 Å². The van der Waals surface area contributed by atoms with E-state index in [0.29, 0.717) is 42.2 Å². The fraction of sp³-hybridized carbons (Fsp3) is 0.467. The molecule has 1 atom stereocenters. The second-order valence-corrected chi connectivity index (χ2v) is 6.27. The van der Waals surface area contributed by atoms with Crippen LogP contribution in [0.25, 0.3) is 0 Å². The van der Waals surface area contributed by atoms with Gasteiger partial charge in [-0.05, 0) is 24.6 Å². The Kier molecular flexibility index (Phi) is 6.50. The average molecular weight is 358 g/mol. The van der Waals surface area contributed by atoms with Gasteiger partial charge in [-0.2, -0.15) is 0 Å². The van der Waals surface area contributed by atoms with Gasteiger partial charge in [-0.15, -0.1) is 0 Å². The van der Waals surface area contributed by atoms with Gasteiger partial charge in [-0.3, -0.25) is 14.7 Å². The second kappa shape index (κ2) is 8.38. The van der Waals surface area contributed by atoms with Crippen molar-refractivity contribution < 1.29 is 4.79 Å². The minimum absolute atomic E-state index is 0.0531. The van der Waals surface area contributed by atoms with Gasteiger partial charge in [0.05, 0.1) is 19.1 Å². The van der Waals surface area contributed by atoms with E-state index in [2.05, 4.69) is 20.5 Å². The van der Waals surface area contributed by atoms with Crippen molar-refractivity contribution in [3.63, 3.8) is 0 Å². The van der Waals surface area contributed by atoms with Crippen molar-refractivity contribution >= 4 is 35.1 Å². The molecule has 23 heavy (non-hydrogen) atoms. The van der Waals surface area contributed by atoms with Crippen LogP contribution in [-0.4, -0.2) is 49.5 Å². The molecule has 1 aromatic rings. The molecule has 1 aromatic carbocycles. The molecule has 2 rings (SSSR count). The number of nitrogens with zero attached hydrogens (tertiary/aromatic N) is 2. The zero-order valence-corrected chi connectivity index (χ0v) is 14.5. The van der Waals surface area contributed by atoms with E-state index >= 15 is 0 Å². The Morgan fingerprint density at radius 1 is 1.52 bits per heavy atom. The van der Waals surface area contributed by atoms with E-state index in [1.807, 2.05) is 13.0 Å². The number of aliphatic imine (C=N–C) groups is 1. The molecule has 0 bridgehead atoms. The molecule has 0 aromatic heterocycles. The monoisotopic (exact) mass is 357 g/mol. The number of nitrogens with one attached hydrogen (secondary N) is 2. The maximum atomic E-state index is 11.3. The van der Waals surface area contributed by atoms with Crippen molar-refractivity contribution in [2.24, 2.45) is 10.7 Å². The first-order valence-electron chi connectivity index (χ1n) is 7.46. The summed E-state index contributed by atoms with van der Waals surface area (Å²) in [5.41, 5.74) is 6.81. The Hall–Kier alpha value is -1.50. The summed E-state index contributed by atoms with van der Waals surface area (Å²) >= 11 is 12.1. The number of hydrogen-bond donors (Lipinski definition) is 3. The summed E-state index contributed by atoms with van der Waals surface area (Å²) in [6.45, 7) is 5.12. The molecule has 1 fully saturated rings. The molecule has 1 saturated heterocycles. The van der Waals surface area contributed by atoms with Gasteiger partial charge >= 0.3 is 0 Å². The third-order valence-electron chi connectivity index (χ3n) is 3.61. The van der Waals surface area contributed by atoms with Gasteiger partial charge in [0.15, 0.2) is 5.96 Å². The van der Waals surface area contributed by atoms with Crippen LogP contribution in [0.2, 0.25) is 10.0 Å². The van der Waals surface area contributed by atoms with Gasteiger partial charge in [0, 0.05) is 29.7 Å². The highest BCUT2D eigenvalue weighted by Crippen LogP contribution is 2.25. The van der Waals surface area contributed by atoms with E-state index < -0.39 is 0 Å². The third-order valence-corrected chi connectivity index (χ3v) is 4.17. The Morgan fingerprint density at radius 2 is 2.30 bits per heavy atom. The normalized spacial score (nSPS) is 17.7. The fourth-order valence-corrected chi connectivity index (χ4v) is 2.96. The fourth-order valence-electron chi connectivity index (χ4n) is 2.39. The van der Waals surface area contributed by atoms with Crippen molar-refractivity contribution in [3.05, 3.63) is 33.8 Å². The minimum atomic E-state index is -0.0794. The van der Waals surface area contributed by atoms with Crippen molar-refractivity contribution in [1.29, 1.82) is 0 Å². The predicted molar refractivity (Wildman–Crippen MR) is 94.0 cm³/mol. The number of carbonyl (C=O) groups is 1. The molecule has 0 aliphatic carbocycles. The summed E-state index contributed by atoms with van der Waals surface area (Å²) in [5, 5.41) is 7.08. The third kappa shape index (κ3) is 5.57.